The van der Waals surface area contributed by atoms with E-state index in [0.29, 0.717) is 55.4 Å². The van der Waals surface area contributed by atoms with Crippen molar-refractivity contribution in [3.05, 3.63) is 113 Å². The number of phenolic OH excluding ortho intramolecular Hbond substituents is 1. The molecule has 1 aliphatic rings. The molecule has 210 valence electrons. The number of morpholine rings is 1. The van der Waals surface area contributed by atoms with Crippen LogP contribution in [0.3, 0.4) is 0 Å². The summed E-state index contributed by atoms with van der Waals surface area (Å²) in [6, 6.07) is 32.9. The van der Waals surface area contributed by atoms with E-state index in [1.54, 1.807) is 18.3 Å². The maximum atomic E-state index is 10.2. The van der Waals surface area contributed by atoms with E-state index in [4.69, 9.17) is 19.7 Å². The molecule has 0 bridgehead atoms. The SMILES string of the molecule is Oc1ccc(Br)cc1C=Nc1cccc(Nc2nc(N3CCOCC3)nc(N(c3ccccc3)c3ccccc3)n2)c1. The van der Waals surface area contributed by atoms with Crippen molar-refractivity contribution in [2.45, 2.75) is 0 Å². The molecule has 6 rings (SSSR count). The van der Waals surface area contributed by atoms with E-state index >= 15 is 0 Å². The van der Waals surface area contributed by atoms with Crippen LogP contribution in [0.1, 0.15) is 5.56 Å². The minimum Gasteiger partial charge on any atom is -0.507 e. The summed E-state index contributed by atoms with van der Waals surface area (Å²) in [6.45, 7) is 2.59. The molecule has 1 saturated heterocycles. The molecule has 0 unspecified atom stereocenters. The number of phenols is 1. The molecule has 0 saturated carbocycles. The molecule has 0 aliphatic carbocycles. The average molecular weight is 623 g/mol. The number of hydrogen-bond acceptors (Lipinski definition) is 9. The number of aromatic hydroxyl groups is 1. The van der Waals surface area contributed by atoms with Gasteiger partial charge in [0.2, 0.25) is 17.8 Å². The van der Waals surface area contributed by atoms with Gasteiger partial charge in [0.05, 0.1) is 18.9 Å². The van der Waals surface area contributed by atoms with Gasteiger partial charge in [0.15, 0.2) is 0 Å². The van der Waals surface area contributed by atoms with Gasteiger partial charge >= 0.3 is 0 Å². The third-order valence-corrected chi connectivity index (χ3v) is 7.07. The molecule has 0 spiro atoms. The van der Waals surface area contributed by atoms with Crippen molar-refractivity contribution in [2.24, 2.45) is 4.99 Å². The van der Waals surface area contributed by atoms with Crippen molar-refractivity contribution >= 4 is 62.7 Å². The molecule has 1 fully saturated rings. The lowest BCUT2D eigenvalue weighted by Crippen LogP contribution is -2.37. The van der Waals surface area contributed by atoms with Gasteiger partial charge in [-0.1, -0.05) is 58.4 Å². The number of benzene rings is 4. The first-order valence-electron chi connectivity index (χ1n) is 13.5. The maximum Gasteiger partial charge on any atom is 0.241 e. The number of aliphatic imine (C=N–C) groups is 1. The fourth-order valence-electron chi connectivity index (χ4n) is 4.51. The Morgan fingerprint density at radius 1 is 0.833 bits per heavy atom. The minimum absolute atomic E-state index is 0.158. The average Bonchev–Trinajstić information content (AvgIpc) is 3.03. The number of halogens is 1. The summed E-state index contributed by atoms with van der Waals surface area (Å²) in [7, 11) is 0. The quantitative estimate of drug-likeness (QED) is 0.176. The van der Waals surface area contributed by atoms with Gasteiger partial charge in [0.1, 0.15) is 5.75 Å². The van der Waals surface area contributed by atoms with Crippen molar-refractivity contribution in [1.29, 1.82) is 0 Å². The summed E-state index contributed by atoms with van der Waals surface area (Å²) in [6.07, 6.45) is 1.63. The highest BCUT2D eigenvalue weighted by atomic mass is 79.9. The Hall–Kier alpha value is -4.80. The first-order chi connectivity index (χ1) is 20.6. The highest BCUT2D eigenvalue weighted by Crippen LogP contribution is 2.33. The standard InChI is InChI=1S/C32H28BrN7O2/c33-24-14-15-29(41)23(20-24)22-34-25-8-7-9-26(21-25)35-30-36-31(39-16-18-42-19-17-39)38-32(37-30)40(27-10-3-1-4-11-27)28-12-5-2-6-13-28/h1-15,20-22,41H,16-19H2,(H,35,36,37,38). The monoisotopic (exact) mass is 621 g/mol. The van der Waals surface area contributed by atoms with Crippen LogP contribution in [0.15, 0.2) is 113 Å². The largest absolute Gasteiger partial charge is 0.507 e. The molecule has 0 amide bonds. The van der Waals surface area contributed by atoms with Gasteiger partial charge in [-0.05, 0) is 60.7 Å². The second-order valence-electron chi connectivity index (χ2n) is 9.50. The second kappa shape index (κ2) is 12.8. The Kier molecular flexibility index (Phi) is 8.34. The number of anilines is 6. The number of aromatic nitrogens is 3. The van der Waals surface area contributed by atoms with Crippen LogP contribution in [-0.2, 0) is 4.74 Å². The van der Waals surface area contributed by atoms with Gasteiger partial charge < -0.3 is 20.1 Å². The van der Waals surface area contributed by atoms with Crippen molar-refractivity contribution in [3.63, 3.8) is 0 Å². The summed E-state index contributed by atoms with van der Waals surface area (Å²) in [5.41, 5.74) is 3.94. The van der Waals surface area contributed by atoms with Gasteiger partial charge in [0, 0.05) is 46.4 Å². The Bertz CT molecular complexity index is 1640. The van der Waals surface area contributed by atoms with Crippen LogP contribution in [0, 0.1) is 0 Å². The normalized spacial score (nSPS) is 13.3. The molecule has 0 atom stereocenters. The van der Waals surface area contributed by atoms with E-state index in [1.165, 1.54) is 0 Å². The van der Waals surface area contributed by atoms with Crippen LogP contribution in [0.5, 0.6) is 5.75 Å². The van der Waals surface area contributed by atoms with Gasteiger partial charge in [-0.2, -0.15) is 15.0 Å². The predicted octanol–water partition coefficient (Wildman–Crippen LogP) is 7.14. The lowest BCUT2D eigenvalue weighted by molar-refractivity contribution is 0.122. The van der Waals surface area contributed by atoms with Crippen LogP contribution >= 0.6 is 15.9 Å². The van der Waals surface area contributed by atoms with Crippen LogP contribution in [0.2, 0.25) is 0 Å². The summed E-state index contributed by atoms with van der Waals surface area (Å²) in [5.74, 6) is 1.63. The Balaban J connectivity index is 1.36. The summed E-state index contributed by atoms with van der Waals surface area (Å²) >= 11 is 3.44. The van der Waals surface area contributed by atoms with Crippen molar-refractivity contribution < 1.29 is 9.84 Å². The number of para-hydroxylation sites is 2. The number of hydrogen-bond donors (Lipinski definition) is 2. The smallest absolute Gasteiger partial charge is 0.241 e. The zero-order valence-electron chi connectivity index (χ0n) is 22.6. The van der Waals surface area contributed by atoms with Crippen LogP contribution < -0.4 is 15.1 Å². The summed E-state index contributed by atoms with van der Waals surface area (Å²) < 4.78 is 6.43. The van der Waals surface area contributed by atoms with Gasteiger partial charge in [-0.25, -0.2) is 0 Å². The first-order valence-corrected chi connectivity index (χ1v) is 14.3. The van der Waals surface area contributed by atoms with Gasteiger partial charge in [0.25, 0.3) is 0 Å². The molecule has 1 aliphatic heterocycles. The second-order valence-corrected chi connectivity index (χ2v) is 10.4. The highest BCUT2D eigenvalue weighted by molar-refractivity contribution is 9.10. The Labute approximate surface area is 252 Å². The highest BCUT2D eigenvalue weighted by Gasteiger charge is 2.21. The maximum absolute atomic E-state index is 10.2. The van der Waals surface area contributed by atoms with E-state index in [0.717, 1.165) is 21.5 Å². The molecule has 10 heteroatoms. The van der Waals surface area contributed by atoms with E-state index < -0.39 is 0 Å². The van der Waals surface area contributed by atoms with Gasteiger partial charge in [-0.3, -0.25) is 9.89 Å². The van der Waals surface area contributed by atoms with E-state index in [-0.39, 0.29) is 5.75 Å². The summed E-state index contributed by atoms with van der Waals surface area (Å²) in [4.78, 5) is 23.3. The zero-order chi connectivity index (χ0) is 28.7. The third-order valence-electron chi connectivity index (χ3n) is 6.58. The van der Waals surface area contributed by atoms with Crippen molar-refractivity contribution in [2.75, 3.05) is 41.4 Å². The fraction of sp³-hybridized carbons (Fsp3) is 0.125. The van der Waals surface area contributed by atoms with Gasteiger partial charge in [-0.15, -0.1) is 0 Å². The van der Waals surface area contributed by atoms with Crippen LogP contribution in [0.25, 0.3) is 0 Å². The molecule has 1 aromatic heterocycles. The van der Waals surface area contributed by atoms with E-state index in [2.05, 4.69) is 31.1 Å². The minimum atomic E-state index is 0.158. The lowest BCUT2D eigenvalue weighted by Gasteiger charge is -2.29. The molecule has 5 aromatic rings. The molecule has 9 nitrogen and oxygen atoms in total. The Morgan fingerprint density at radius 3 is 2.26 bits per heavy atom. The number of nitrogens with one attached hydrogen (secondary N) is 1. The first kappa shape index (κ1) is 27.4. The molecule has 2 heterocycles. The molecule has 4 aromatic carbocycles. The van der Waals surface area contributed by atoms with Crippen molar-refractivity contribution in [1.82, 2.24) is 15.0 Å². The third kappa shape index (κ3) is 6.56. The molecule has 0 radical (unpaired) electrons. The Morgan fingerprint density at radius 2 is 1.55 bits per heavy atom. The van der Waals surface area contributed by atoms with E-state index in [1.807, 2.05) is 95.9 Å². The lowest BCUT2D eigenvalue weighted by atomic mass is 10.2. The molecular weight excluding hydrogens is 594 g/mol. The van der Waals surface area contributed by atoms with Crippen LogP contribution in [-0.4, -0.2) is 52.6 Å². The molecule has 42 heavy (non-hydrogen) atoms. The number of ether oxygens (including phenoxy) is 1. The number of rotatable bonds is 8. The van der Waals surface area contributed by atoms with Crippen molar-refractivity contribution in [3.8, 4) is 5.75 Å². The van der Waals surface area contributed by atoms with Crippen LogP contribution in [0.4, 0.5) is 40.6 Å². The zero-order valence-corrected chi connectivity index (χ0v) is 24.2. The molecule has 2 N–H and O–H groups in total. The topological polar surface area (TPSA) is 99.0 Å². The summed E-state index contributed by atoms with van der Waals surface area (Å²) in [5, 5.41) is 13.5. The predicted molar refractivity (Wildman–Crippen MR) is 170 cm³/mol. The number of nitrogens with zero attached hydrogens (tertiary/aromatic N) is 6. The van der Waals surface area contributed by atoms with E-state index in [9.17, 15) is 5.11 Å². The fourth-order valence-corrected chi connectivity index (χ4v) is 4.89. The molecular formula is C32H28BrN7O2.